The average molecular weight is 708 g/mol. The third-order valence-electron chi connectivity index (χ3n) is 7.13. The van der Waals surface area contributed by atoms with Gasteiger partial charge in [-0.1, -0.05) is 53.4 Å². The summed E-state index contributed by atoms with van der Waals surface area (Å²) < 4.78 is 8.57. The van der Waals surface area contributed by atoms with Crippen LogP contribution in [0.5, 0.6) is 0 Å². The second-order valence-electron chi connectivity index (χ2n) is 9.54. The third-order valence-corrected chi connectivity index (χ3v) is 7.13. The number of nitrogens with zero attached hydrogens (tertiary/aromatic N) is 4. The third kappa shape index (κ3) is 4.26. The van der Waals surface area contributed by atoms with Crippen LogP contribution in [0.2, 0.25) is 0 Å². The molecule has 6 heteroatoms. The summed E-state index contributed by atoms with van der Waals surface area (Å²) in [6.45, 7) is 0. The zero-order chi connectivity index (χ0) is 26.5. The van der Waals surface area contributed by atoms with Crippen LogP contribution < -0.4 is 0 Å². The van der Waals surface area contributed by atoms with Gasteiger partial charge in [0.2, 0.25) is 0 Å². The molecule has 0 aliphatic carbocycles. The number of pyridine rings is 2. The van der Waals surface area contributed by atoms with Crippen LogP contribution in [0.1, 0.15) is 0 Å². The monoisotopic (exact) mass is 707 g/mol. The Balaban J connectivity index is 0.00000276. The number of para-hydroxylation sites is 2. The van der Waals surface area contributed by atoms with Crippen molar-refractivity contribution >= 4 is 32.9 Å². The molecule has 4 aromatic carbocycles. The first-order valence-electron chi connectivity index (χ1n) is 13.0. The molecular formula is C35H20N4OPt. The summed E-state index contributed by atoms with van der Waals surface area (Å²) in [5.41, 5.74) is 8.76. The fraction of sp³-hybridized carbons (Fsp3) is 0. The van der Waals surface area contributed by atoms with E-state index in [9.17, 15) is 0 Å². The van der Waals surface area contributed by atoms with Crippen molar-refractivity contribution < 1.29 is 25.5 Å². The van der Waals surface area contributed by atoms with Crippen LogP contribution in [0.25, 0.3) is 72.6 Å². The Labute approximate surface area is 250 Å². The Hall–Kier alpha value is -4.86. The number of rotatable bonds is 4. The first-order chi connectivity index (χ1) is 19.8. The van der Waals surface area contributed by atoms with Gasteiger partial charge in [-0.25, -0.2) is 0 Å². The standard InChI is InChI=1S/C35H20N4O.Pt/c1-2-16-32-26(11-1)27-18-17-24(35-38-31-15-8-12-28(34(31)40-35)30-14-4-6-20-37-30)22-33(27)39(32)25-10-7-9-23(21-25)29-13-3-5-19-36-29;/h1-20H;/q-2;+2. The first kappa shape index (κ1) is 25.1. The van der Waals surface area contributed by atoms with E-state index in [2.05, 4.69) is 63.1 Å². The Bertz CT molecular complexity index is 2170. The molecule has 4 heterocycles. The second kappa shape index (κ2) is 10.3. The molecule has 4 aromatic heterocycles. The number of benzene rings is 4. The number of hydrogen-bond donors (Lipinski definition) is 0. The zero-order valence-electron chi connectivity index (χ0n) is 21.6. The minimum Gasteiger partial charge on any atom is -0.480 e. The van der Waals surface area contributed by atoms with Gasteiger partial charge in [-0.3, -0.25) is 9.97 Å². The van der Waals surface area contributed by atoms with Crippen LogP contribution >= 0.6 is 0 Å². The molecule has 0 amide bonds. The van der Waals surface area contributed by atoms with Crippen LogP contribution in [0.4, 0.5) is 0 Å². The Kier molecular flexibility index (Phi) is 6.30. The predicted molar refractivity (Wildman–Crippen MR) is 158 cm³/mol. The fourth-order valence-corrected chi connectivity index (χ4v) is 5.31. The van der Waals surface area contributed by atoms with Crippen molar-refractivity contribution in [3.05, 3.63) is 134 Å². The Morgan fingerprint density at radius 2 is 1.39 bits per heavy atom. The maximum absolute atomic E-state index is 6.38. The normalized spacial score (nSPS) is 11.2. The molecule has 8 rings (SSSR count). The van der Waals surface area contributed by atoms with Crippen LogP contribution in [0, 0.1) is 12.1 Å². The van der Waals surface area contributed by atoms with Gasteiger partial charge >= 0.3 is 21.1 Å². The van der Waals surface area contributed by atoms with Gasteiger partial charge in [-0.2, -0.15) is 0 Å². The molecule has 8 aromatic rings. The van der Waals surface area contributed by atoms with Crippen molar-refractivity contribution in [2.75, 3.05) is 0 Å². The molecule has 0 N–H and O–H groups in total. The minimum absolute atomic E-state index is 0. The quantitative estimate of drug-likeness (QED) is 0.173. The molecule has 41 heavy (non-hydrogen) atoms. The Morgan fingerprint density at radius 3 is 2.22 bits per heavy atom. The van der Waals surface area contributed by atoms with Gasteiger partial charge in [0.15, 0.2) is 5.58 Å². The largest absolute Gasteiger partial charge is 2.00 e. The molecule has 0 saturated carbocycles. The molecule has 0 unspecified atom stereocenters. The number of oxazole rings is 1. The van der Waals surface area contributed by atoms with E-state index in [1.165, 1.54) is 0 Å². The van der Waals surface area contributed by atoms with Gasteiger partial charge in [0.1, 0.15) is 5.89 Å². The summed E-state index contributed by atoms with van der Waals surface area (Å²) in [7, 11) is 0. The van der Waals surface area contributed by atoms with Gasteiger partial charge in [0, 0.05) is 23.5 Å². The van der Waals surface area contributed by atoms with E-state index in [1.807, 2.05) is 72.8 Å². The van der Waals surface area contributed by atoms with Gasteiger partial charge < -0.3 is 14.0 Å². The molecule has 0 bridgehead atoms. The predicted octanol–water partition coefficient (Wildman–Crippen LogP) is 8.31. The summed E-state index contributed by atoms with van der Waals surface area (Å²) in [6.07, 6.45) is 3.59. The van der Waals surface area contributed by atoms with Crippen LogP contribution in [0.3, 0.4) is 0 Å². The average Bonchev–Trinajstić information content (AvgIpc) is 3.61. The SMILES string of the molecule is [Pt+2].[c-]1c(-c2ccccn2)cccc1-n1c2[c-]c(-c3nc4cccc(-c5ccccn5)c4o3)ccc2c2ccccc21. The maximum atomic E-state index is 6.38. The zero-order valence-corrected chi connectivity index (χ0v) is 23.8. The fourth-order valence-electron chi connectivity index (χ4n) is 5.31. The molecule has 0 spiro atoms. The summed E-state index contributed by atoms with van der Waals surface area (Å²) in [4.78, 5) is 13.9. The number of hydrogen-bond acceptors (Lipinski definition) is 4. The van der Waals surface area contributed by atoms with Crippen LogP contribution in [-0.4, -0.2) is 19.5 Å². The van der Waals surface area contributed by atoms with Gasteiger partial charge in [-0.15, -0.1) is 48.0 Å². The molecular weight excluding hydrogens is 687 g/mol. The van der Waals surface area contributed by atoms with Crippen LogP contribution in [0.15, 0.2) is 126 Å². The molecule has 0 atom stereocenters. The van der Waals surface area contributed by atoms with Crippen molar-refractivity contribution in [1.29, 1.82) is 0 Å². The minimum atomic E-state index is 0. The van der Waals surface area contributed by atoms with Crippen LogP contribution in [-0.2, 0) is 21.1 Å². The summed E-state index contributed by atoms with van der Waals surface area (Å²) in [6, 6.07) is 43.6. The maximum Gasteiger partial charge on any atom is 2.00 e. The number of aromatic nitrogens is 4. The van der Waals surface area contributed by atoms with E-state index >= 15 is 0 Å². The van der Waals surface area contributed by atoms with Crippen molar-refractivity contribution in [1.82, 2.24) is 19.5 Å². The van der Waals surface area contributed by atoms with E-state index in [0.29, 0.717) is 11.5 Å². The van der Waals surface area contributed by atoms with E-state index in [4.69, 9.17) is 9.40 Å². The van der Waals surface area contributed by atoms with E-state index in [1.54, 1.807) is 12.4 Å². The van der Waals surface area contributed by atoms with E-state index < -0.39 is 0 Å². The molecule has 196 valence electrons. The van der Waals surface area contributed by atoms with E-state index in [0.717, 1.165) is 61.1 Å². The van der Waals surface area contributed by atoms with Crippen molar-refractivity contribution in [2.24, 2.45) is 0 Å². The smallest absolute Gasteiger partial charge is 0.480 e. The van der Waals surface area contributed by atoms with Crippen molar-refractivity contribution in [2.45, 2.75) is 0 Å². The first-order valence-corrected chi connectivity index (χ1v) is 13.0. The summed E-state index contributed by atoms with van der Waals surface area (Å²) >= 11 is 0. The molecule has 0 aliphatic rings. The summed E-state index contributed by atoms with van der Waals surface area (Å²) in [5.74, 6) is 0.517. The van der Waals surface area contributed by atoms with Crippen molar-refractivity contribution in [3.63, 3.8) is 0 Å². The number of fused-ring (bicyclic) bond motifs is 4. The molecule has 0 radical (unpaired) electrons. The molecule has 0 saturated heterocycles. The van der Waals surface area contributed by atoms with Gasteiger partial charge in [-0.05, 0) is 58.7 Å². The molecule has 0 aliphatic heterocycles. The Morgan fingerprint density at radius 1 is 0.610 bits per heavy atom. The van der Waals surface area contributed by atoms with Gasteiger partial charge in [0.05, 0.1) is 11.2 Å². The van der Waals surface area contributed by atoms with Crippen molar-refractivity contribution in [3.8, 4) is 39.7 Å². The molecule has 0 fully saturated rings. The topological polar surface area (TPSA) is 56.7 Å². The van der Waals surface area contributed by atoms with E-state index in [-0.39, 0.29) is 21.1 Å². The molecule has 5 nitrogen and oxygen atoms in total. The second-order valence-corrected chi connectivity index (χ2v) is 9.54. The summed E-state index contributed by atoms with van der Waals surface area (Å²) in [5, 5.41) is 2.24. The van der Waals surface area contributed by atoms with Gasteiger partial charge in [0.25, 0.3) is 0 Å².